The van der Waals surface area contributed by atoms with Gasteiger partial charge in [-0.2, -0.15) is 0 Å². The standard InChI is InChI=1S/C12H19N3O2/c1-9-8-12(17-15-9)14-11(16)3-2-10-4-6-13-7-5-10/h8,10,13H,2-7H2,1H3,(H,14,16). The first-order valence-electron chi connectivity index (χ1n) is 6.18. The van der Waals surface area contributed by atoms with E-state index in [1.165, 1.54) is 12.8 Å². The molecule has 2 N–H and O–H groups in total. The van der Waals surface area contributed by atoms with Crippen molar-refractivity contribution in [2.75, 3.05) is 18.4 Å². The molecule has 1 saturated heterocycles. The van der Waals surface area contributed by atoms with Crippen molar-refractivity contribution in [2.45, 2.75) is 32.6 Å². The van der Waals surface area contributed by atoms with Crippen LogP contribution in [0.3, 0.4) is 0 Å². The molecule has 0 spiro atoms. The van der Waals surface area contributed by atoms with Crippen LogP contribution in [0.4, 0.5) is 5.88 Å². The smallest absolute Gasteiger partial charge is 0.231 e. The summed E-state index contributed by atoms with van der Waals surface area (Å²) in [4.78, 5) is 11.6. The highest BCUT2D eigenvalue weighted by atomic mass is 16.5. The fourth-order valence-corrected chi connectivity index (χ4v) is 2.13. The fourth-order valence-electron chi connectivity index (χ4n) is 2.13. The number of hydrogen-bond acceptors (Lipinski definition) is 4. The minimum Gasteiger partial charge on any atom is -0.338 e. The molecule has 0 saturated carbocycles. The Hall–Kier alpha value is -1.36. The largest absolute Gasteiger partial charge is 0.338 e. The fraction of sp³-hybridized carbons (Fsp3) is 0.667. The summed E-state index contributed by atoms with van der Waals surface area (Å²) in [6, 6.07) is 1.72. The molecular weight excluding hydrogens is 218 g/mol. The van der Waals surface area contributed by atoms with E-state index < -0.39 is 0 Å². The zero-order valence-electron chi connectivity index (χ0n) is 10.2. The molecule has 1 fully saturated rings. The van der Waals surface area contributed by atoms with Crippen LogP contribution in [-0.2, 0) is 4.79 Å². The Kier molecular flexibility index (Phi) is 4.14. The third kappa shape index (κ3) is 3.85. The zero-order chi connectivity index (χ0) is 12.1. The molecule has 0 atom stereocenters. The van der Waals surface area contributed by atoms with E-state index in [-0.39, 0.29) is 5.91 Å². The maximum absolute atomic E-state index is 11.6. The van der Waals surface area contributed by atoms with E-state index >= 15 is 0 Å². The highest BCUT2D eigenvalue weighted by Crippen LogP contribution is 2.18. The summed E-state index contributed by atoms with van der Waals surface area (Å²) in [6.45, 7) is 3.98. The number of nitrogens with one attached hydrogen (secondary N) is 2. The Morgan fingerprint density at radius 1 is 1.59 bits per heavy atom. The number of piperidine rings is 1. The van der Waals surface area contributed by atoms with Crippen LogP contribution in [0, 0.1) is 12.8 Å². The van der Waals surface area contributed by atoms with Gasteiger partial charge in [0.2, 0.25) is 11.8 Å². The molecule has 2 rings (SSSR count). The quantitative estimate of drug-likeness (QED) is 0.836. The summed E-state index contributed by atoms with van der Waals surface area (Å²) in [5.41, 5.74) is 0.777. The van der Waals surface area contributed by atoms with Crippen LogP contribution in [0.25, 0.3) is 0 Å². The predicted molar refractivity (Wildman–Crippen MR) is 64.7 cm³/mol. The Balaban J connectivity index is 1.70. The molecule has 94 valence electrons. The van der Waals surface area contributed by atoms with Gasteiger partial charge in [0.1, 0.15) is 0 Å². The second kappa shape index (κ2) is 5.82. The van der Waals surface area contributed by atoms with Crippen molar-refractivity contribution < 1.29 is 9.32 Å². The maximum atomic E-state index is 11.6. The summed E-state index contributed by atoms with van der Waals surface area (Å²) < 4.78 is 4.93. The first kappa shape index (κ1) is 12.1. The van der Waals surface area contributed by atoms with E-state index in [1.54, 1.807) is 6.07 Å². The van der Waals surface area contributed by atoms with Gasteiger partial charge in [-0.15, -0.1) is 0 Å². The Labute approximate surface area is 101 Å². The molecule has 5 heteroatoms. The monoisotopic (exact) mass is 237 g/mol. The molecule has 17 heavy (non-hydrogen) atoms. The lowest BCUT2D eigenvalue weighted by molar-refractivity contribution is -0.116. The van der Waals surface area contributed by atoms with Crippen molar-refractivity contribution in [3.05, 3.63) is 11.8 Å². The van der Waals surface area contributed by atoms with Gasteiger partial charge in [-0.25, -0.2) is 0 Å². The van der Waals surface area contributed by atoms with E-state index in [1.807, 2.05) is 6.92 Å². The van der Waals surface area contributed by atoms with Crippen molar-refractivity contribution in [1.82, 2.24) is 10.5 Å². The number of nitrogens with zero attached hydrogens (tertiary/aromatic N) is 1. The van der Waals surface area contributed by atoms with E-state index in [0.29, 0.717) is 18.2 Å². The predicted octanol–water partition coefficient (Wildman–Crippen LogP) is 1.70. The van der Waals surface area contributed by atoms with Crippen LogP contribution >= 0.6 is 0 Å². The van der Waals surface area contributed by atoms with Crippen LogP contribution in [0.15, 0.2) is 10.6 Å². The Bertz CT molecular complexity index is 370. The molecule has 0 aromatic carbocycles. The number of amides is 1. The number of hydrogen-bond donors (Lipinski definition) is 2. The molecule has 1 aliphatic rings. The second-order valence-electron chi connectivity index (χ2n) is 4.61. The van der Waals surface area contributed by atoms with Crippen LogP contribution in [0.2, 0.25) is 0 Å². The normalized spacial score (nSPS) is 17.0. The lowest BCUT2D eigenvalue weighted by Crippen LogP contribution is -2.28. The molecule has 0 radical (unpaired) electrons. The van der Waals surface area contributed by atoms with Crippen molar-refractivity contribution in [3.63, 3.8) is 0 Å². The molecule has 2 heterocycles. The van der Waals surface area contributed by atoms with Crippen molar-refractivity contribution in [1.29, 1.82) is 0 Å². The van der Waals surface area contributed by atoms with Gasteiger partial charge in [0.15, 0.2) is 0 Å². The summed E-state index contributed by atoms with van der Waals surface area (Å²) in [5.74, 6) is 1.14. The number of carbonyl (C=O) groups excluding carboxylic acids is 1. The summed E-state index contributed by atoms with van der Waals surface area (Å²) >= 11 is 0. The highest BCUT2D eigenvalue weighted by Gasteiger charge is 2.15. The van der Waals surface area contributed by atoms with Crippen LogP contribution in [-0.4, -0.2) is 24.2 Å². The topological polar surface area (TPSA) is 67.2 Å². The minimum absolute atomic E-state index is 0.0136. The third-order valence-corrected chi connectivity index (χ3v) is 3.13. The third-order valence-electron chi connectivity index (χ3n) is 3.13. The number of aryl methyl sites for hydroxylation is 1. The minimum atomic E-state index is 0.0136. The zero-order valence-corrected chi connectivity index (χ0v) is 10.2. The molecule has 0 bridgehead atoms. The van der Waals surface area contributed by atoms with E-state index in [9.17, 15) is 4.79 Å². The summed E-state index contributed by atoms with van der Waals surface area (Å²) in [6.07, 6.45) is 3.87. The Morgan fingerprint density at radius 3 is 3.00 bits per heavy atom. The molecule has 1 aliphatic heterocycles. The van der Waals surface area contributed by atoms with Crippen molar-refractivity contribution in [3.8, 4) is 0 Å². The van der Waals surface area contributed by atoms with Gasteiger partial charge in [-0.1, -0.05) is 5.16 Å². The van der Waals surface area contributed by atoms with Gasteiger partial charge in [0.05, 0.1) is 5.69 Å². The first-order valence-corrected chi connectivity index (χ1v) is 6.18. The van der Waals surface area contributed by atoms with Gasteiger partial charge >= 0.3 is 0 Å². The van der Waals surface area contributed by atoms with Gasteiger partial charge in [-0.3, -0.25) is 10.1 Å². The van der Waals surface area contributed by atoms with Gasteiger partial charge in [-0.05, 0) is 45.2 Å². The average Bonchev–Trinajstić information content (AvgIpc) is 2.73. The van der Waals surface area contributed by atoms with Gasteiger partial charge < -0.3 is 9.84 Å². The van der Waals surface area contributed by atoms with Gasteiger partial charge in [0.25, 0.3) is 0 Å². The molecular formula is C12H19N3O2. The molecule has 0 aliphatic carbocycles. The summed E-state index contributed by atoms with van der Waals surface area (Å²) in [5, 5.41) is 9.76. The van der Waals surface area contributed by atoms with Gasteiger partial charge in [0, 0.05) is 12.5 Å². The van der Waals surface area contributed by atoms with Crippen LogP contribution in [0.5, 0.6) is 0 Å². The number of aromatic nitrogens is 1. The number of rotatable bonds is 4. The first-order chi connectivity index (χ1) is 8.24. The Morgan fingerprint density at radius 2 is 2.35 bits per heavy atom. The number of carbonyl (C=O) groups is 1. The van der Waals surface area contributed by atoms with E-state index in [0.717, 1.165) is 25.2 Å². The van der Waals surface area contributed by atoms with Crippen molar-refractivity contribution in [2.24, 2.45) is 5.92 Å². The molecule has 1 amide bonds. The molecule has 0 unspecified atom stereocenters. The second-order valence-corrected chi connectivity index (χ2v) is 4.61. The average molecular weight is 237 g/mol. The number of anilines is 1. The molecule has 1 aromatic rings. The van der Waals surface area contributed by atoms with Crippen molar-refractivity contribution >= 4 is 11.8 Å². The summed E-state index contributed by atoms with van der Waals surface area (Å²) in [7, 11) is 0. The molecule has 1 aromatic heterocycles. The van der Waals surface area contributed by atoms with E-state index in [4.69, 9.17) is 4.52 Å². The highest BCUT2D eigenvalue weighted by molar-refractivity contribution is 5.89. The molecule has 5 nitrogen and oxygen atoms in total. The maximum Gasteiger partial charge on any atom is 0.231 e. The van der Waals surface area contributed by atoms with Crippen LogP contribution < -0.4 is 10.6 Å². The lowest BCUT2D eigenvalue weighted by atomic mass is 9.93. The lowest BCUT2D eigenvalue weighted by Gasteiger charge is -2.21. The van der Waals surface area contributed by atoms with Crippen LogP contribution in [0.1, 0.15) is 31.4 Å². The van der Waals surface area contributed by atoms with E-state index in [2.05, 4.69) is 15.8 Å². The SMILES string of the molecule is Cc1cc(NC(=O)CCC2CCNCC2)on1.